The molecule has 1 aromatic rings. The SMILES string of the molecule is CC(C)NCc1ccc(OC(C)C(C)O)c(C(F)(F)F)c1. The molecule has 0 saturated carbocycles. The lowest BCUT2D eigenvalue weighted by Gasteiger charge is -2.21. The predicted molar refractivity (Wildman–Crippen MR) is 75.2 cm³/mol. The van der Waals surface area contributed by atoms with Gasteiger partial charge in [0.2, 0.25) is 0 Å². The van der Waals surface area contributed by atoms with Crippen LogP contribution in [0.5, 0.6) is 5.75 Å². The highest BCUT2D eigenvalue weighted by Crippen LogP contribution is 2.37. The highest BCUT2D eigenvalue weighted by Gasteiger charge is 2.35. The maximum Gasteiger partial charge on any atom is 0.419 e. The van der Waals surface area contributed by atoms with Gasteiger partial charge in [-0.25, -0.2) is 0 Å². The summed E-state index contributed by atoms with van der Waals surface area (Å²) in [6.45, 7) is 7.20. The van der Waals surface area contributed by atoms with E-state index >= 15 is 0 Å². The average Bonchev–Trinajstić information content (AvgIpc) is 2.35. The molecule has 2 atom stereocenters. The fourth-order valence-electron chi connectivity index (χ4n) is 1.63. The van der Waals surface area contributed by atoms with Crippen molar-refractivity contribution in [3.63, 3.8) is 0 Å². The van der Waals surface area contributed by atoms with Gasteiger partial charge in [0.1, 0.15) is 11.9 Å². The summed E-state index contributed by atoms with van der Waals surface area (Å²) in [4.78, 5) is 0. The number of benzene rings is 1. The van der Waals surface area contributed by atoms with E-state index in [-0.39, 0.29) is 11.8 Å². The van der Waals surface area contributed by atoms with Crippen LogP contribution in [0, 0.1) is 0 Å². The number of ether oxygens (including phenoxy) is 1. The Kier molecular flexibility index (Phi) is 6.04. The summed E-state index contributed by atoms with van der Waals surface area (Å²) in [6.07, 6.45) is -6.07. The Morgan fingerprint density at radius 3 is 2.29 bits per heavy atom. The Bertz CT molecular complexity index is 459. The van der Waals surface area contributed by atoms with Crippen molar-refractivity contribution in [3.8, 4) is 5.75 Å². The first-order valence-corrected chi connectivity index (χ1v) is 6.89. The summed E-state index contributed by atoms with van der Waals surface area (Å²) >= 11 is 0. The van der Waals surface area contributed by atoms with Crippen LogP contribution in [0.3, 0.4) is 0 Å². The van der Waals surface area contributed by atoms with Crippen LogP contribution in [-0.4, -0.2) is 23.4 Å². The number of hydrogen-bond acceptors (Lipinski definition) is 3. The third-order valence-corrected chi connectivity index (χ3v) is 3.06. The van der Waals surface area contributed by atoms with Crippen LogP contribution in [0.4, 0.5) is 13.2 Å². The molecule has 0 aliphatic rings. The first kappa shape index (κ1) is 17.8. The number of hydrogen-bond donors (Lipinski definition) is 2. The van der Waals surface area contributed by atoms with Crippen LogP contribution in [0.2, 0.25) is 0 Å². The first-order chi connectivity index (χ1) is 9.61. The molecule has 21 heavy (non-hydrogen) atoms. The topological polar surface area (TPSA) is 41.5 Å². The summed E-state index contributed by atoms with van der Waals surface area (Å²) in [5.41, 5.74) is -0.286. The van der Waals surface area contributed by atoms with Gasteiger partial charge in [-0.1, -0.05) is 19.9 Å². The number of alkyl halides is 3. The minimum Gasteiger partial charge on any atom is -0.487 e. The van der Waals surface area contributed by atoms with E-state index in [2.05, 4.69) is 5.32 Å². The Balaban J connectivity index is 3.03. The number of aliphatic hydroxyl groups is 1. The summed E-state index contributed by atoms with van der Waals surface area (Å²) in [6, 6.07) is 4.17. The smallest absolute Gasteiger partial charge is 0.419 e. The van der Waals surface area contributed by atoms with Gasteiger partial charge in [-0.15, -0.1) is 0 Å². The maximum absolute atomic E-state index is 13.1. The Labute approximate surface area is 123 Å². The first-order valence-electron chi connectivity index (χ1n) is 6.89. The van der Waals surface area contributed by atoms with Crippen LogP contribution in [-0.2, 0) is 12.7 Å². The molecule has 1 aromatic carbocycles. The van der Waals surface area contributed by atoms with E-state index in [9.17, 15) is 18.3 Å². The van der Waals surface area contributed by atoms with Gasteiger partial charge >= 0.3 is 6.18 Å². The second-order valence-electron chi connectivity index (χ2n) is 5.43. The number of halogens is 3. The van der Waals surface area contributed by atoms with E-state index in [0.717, 1.165) is 6.07 Å². The molecule has 0 aromatic heterocycles. The second-order valence-corrected chi connectivity index (χ2v) is 5.43. The number of rotatable bonds is 6. The lowest BCUT2D eigenvalue weighted by molar-refractivity contribution is -0.139. The second kappa shape index (κ2) is 7.13. The van der Waals surface area contributed by atoms with Crippen molar-refractivity contribution in [3.05, 3.63) is 29.3 Å². The molecule has 0 aliphatic carbocycles. The lowest BCUT2D eigenvalue weighted by Crippen LogP contribution is -2.27. The monoisotopic (exact) mass is 305 g/mol. The highest BCUT2D eigenvalue weighted by atomic mass is 19.4. The molecular formula is C15H22F3NO2. The van der Waals surface area contributed by atoms with Crippen LogP contribution >= 0.6 is 0 Å². The fourth-order valence-corrected chi connectivity index (χ4v) is 1.63. The van der Waals surface area contributed by atoms with Crippen molar-refractivity contribution in [2.75, 3.05) is 0 Å². The minimum absolute atomic E-state index is 0.186. The van der Waals surface area contributed by atoms with Gasteiger partial charge in [0.05, 0.1) is 11.7 Å². The molecule has 0 amide bonds. The molecule has 2 unspecified atom stereocenters. The van der Waals surface area contributed by atoms with Crippen molar-refractivity contribution in [1.82, 2.24) is 5.32 Å². The molecule has 6 heteroatoms. The molecule has 0 bridgehead atoms. The number of aliphatic hydroxyl groups excluding tert-OH is 1. The van der Waals surface area contributed by atoms with E-state index in [1.165, 1.54) is 19.9 Å². The average molecular weight is 305 g/mol. The zero-order valence-corrected chi connectivity index (χ0v) is 12.7. The van der Waals surface area contributed by atoms with Crippen LogP contribution in [0.15, 0.2) is 18.2 Å². The van der Waals surface area contributed by atoms with Gasteiger partial charge in [-0.2, -0.15) is 13.2 Å². The molecule has 0 spiro atoms. The predicted octanol–water partition coefficient (Wildman–Crippen LogP) is 3.35. The van der Waals surface area contributed by atoms with Crippen LogP contribution < -0.4 is 10.1 Å². The third-order valence-electron chi connectivity index (χ3n) is 3.06. The zero-order chi connectivity index (χ0) is 16.2. The Morgan fingerprint density at radius 2 is 1.81 bits per heavy atom. The highest BCUT2D eigenvalue weighted by molar-refractivity contribution is 5.39. The zero-order valence-electron chi connectivity index (χ0n) is 12.7. The summed E-state index contributed by atoms with van der Waals surface area (Å²) < 4.78 is 44.6. The molecule has 2 N–H and O–H groups in total. The van der Waals surface area contributed by atoms with Gasteiger partial charge in [0.25, 0.3) is 0 Å². The number of nitrogens with one attached hydrogen (secondary N) is 1. The van der Waals surface area contributed by atoms with Crippen molar-refractivity contribution in [2.24, 2.45) is 0 Å². The molecular weight excluding hydrogens is 283 g/mol. The van der Waals surface area contributed by atoms with Gasteiger partial charge in [0.15, 0.2) is 0 Å². The molecule has 3 nitrogen and oxygen atoms in total. The normalized spacial score (nSPS) is 15.1. The van der Waals surface area contributed by atoms with Crippen molar-refractivity contribution < 1.29 is 23.0 Å². The van der Waals surface area contributed by atoms with Gasteiger partial charge < -0.3 is 15.2 Å². The van der Waals surface area contributed by atoms with E-state index in [1.807, 2.05) is 13.8 Å². The van der Waals surface area contributed by atoms with Crippen molar-refractivity contribution >= 4 is 0 Å². The quantitative estimate of drug-likeness (QED) is 0.847. The van der Waals surface area contributed by atoms with Gasteiger partial charge in [0, 0.05) is 12.6 Å². The molecule has 0 radical (unpaired) electrons. The molecule has 1 rings (SSSR count). The fraction of sp³-hybridized carbons (Fsp3) is 0.600. The van der Waals surface area contributed by atoms with Crippen molar-refractivity contribution in [2.45, 2.75) is 58.7 Å². The summed E-state index contributed by atoms with van der Waals surface area (Å²) in [5, 5.41) is 12.4. The summed E-state index contributed by atoms with van der Waals surface area (Å²) in [7, 11) is 0. The third kappa shape index (κ3) is 5.55. The van der Waals surface area contributed by atoms with Crippen LogP contribution in [0.1, 0.15) is 38.8 Å². The molecule has 0 heterocycles. The van der Waals surface area contributed by atoms with Crippen LogP contribution in [0.25, 0.3) is 0 Å². The van der Waals surface area contributed by atoms with Gasteiger partial charge in [-0.05, 0) is 31.5 Å². The van der Waals surface area contributed by atoms with Crippen molar-refractivity contribution in [1.29, 1.82) is 0 Å². The molecule has 120 valence electrons. The summed E-state index contributed by atoms with van der Waals surface area (Å²) in [5.74, 6) is -0.260. The molecule has 0 aliphatic heterocycles. The Hall–Kier alpha value is -1.27. The largest absolute Gasteiger partial charge is 0.487 e. The molecule has 0 saturated heterocycles. The van der Waals surface area contributed by atoms with E-state index < -0.39 is 23.9 Å². The Morgan fingerprint density at radius 1 is 1.19 bits per heavy atom. The van der Waals surface area contributed by atoms with E-state index in [4.69, 9.17) is 4.74 Å². The van der Waals surface area contributed by atoms with Gasteiger partial charge in [-0.3, -0.25) is 0 Å². The maximum atomic E-state index is 13.1. The minimum atomic E-state index is -4.50. The van der Waals surface area contributed by atoms with E-state index in [0.29, 0.717) is 12.1 Å². The lowest BCUT2D eigenvalue weighted by atomic mass is 10.1. The molecule has 0 fully saturated rings. The standard InChI is InChI=1S/C15H22F3NO2/c1-9(2)19-8-12-5-6-14(21-11(4)10(3)20)13(7-12)15(16,17)18/h5-7,9-11,19-20H,8H2,1-4H3. The van der Waals surface area contributed by atoms with E-state index in [1.54, 1.807) is 6.07 Å².